The number of fused-ring (bicyclic) bond motifs is 1. The molecule has 0 bridgehead atoms. The fraction of sp³-hybridized carbons (Fsp3) is 0.500. The van der Waals surface area contributed by atoms with Crippen molar-refractivity contribution >= 4 is 16.7 Å². The number of hydrogen-bond acceptors (Lipinski definition) is 4. The molecular formula is C18H24N4O3. The van der Waals surface area contributed by atoms with Crippen molar-refractivity contribution in [1.29, 1.82) is 0 Å². The van der Waals surface area contributed by atoms with Crippen LogP contribution in [0.15, 0.2) is 33.9 Å². The molecule has 0 aliphatic carbocycles. The molecule has 1 amide bonds. The van der Waals surface area contributed by atoms with Gasteiger partial charge in [0.05, 0.1) is 17.3 Å². The van der Waals surface area contributed by atoms with E-state index in [-0.39, 0.29) is 30.0 Å². The number of carbonyl (C=O) groups excluding carboxylic acids is 1. The first-order chi connectivity index (χ1) is 12.1. The lowest BCUT2D eigenvalue weighted by Crippen LogP contribution is -2.34. The second-order valence-corrected chi connectivity index (χ2v) is 6.54. The second kappa shape index (κ2) is 8.11. The van der Waals surface area contributed by atoms with Gasteiger partial charge in [-0.2, -0.15) is 0 Å². The number of nitrogens with one attached hydrogen (secondary N) is 3. The van der Waals surface area contributed by atoms with Crippen LogP contribution in [0.2, 0.25) is 0 Å². The van der Waals surface area contributed by atoms with Crippen LogP contribution in [0.25, 0.3) is 10.8 Å². The predicted molar refractivity (Wildman–Crippen MR) is 96.7 cm³/mol. The van der Waals surface area contributed by atoms with E-state index in [0.717, 1.165) is 19.5 Å². The molecule has 25 heavy (non-hydrogen) atoms. The van der Waals surface area contributed by atoms with E-state index in [1.165, 1.54) is 17.5 Å². The molecule has 7 heteroatoms. The summed E-state index contributed by atoms with van der Waals surface area (Å²) in [7, 11) is 0. The number of benzene rings is 1. The topological polar surface area (TPSA) is 96.0 Å². The van der Waals surface area contributed by atoms with Crippen molar-refractivity contribution in [3.8, 4) is 0 Å². The van der Waals surface area contributed by atoms with Gasteiger partial charge >= 0.3 is 0 Å². The number of nitrogens with zero attached hydrogens (tertiary/aromatic N) is 1. The summed E-state index contributed by atoms with van der Waals surface area (Å²) in [5.74, 6) is 0.512. The number of amides is 1. The third kappa shape index (κ3) is 4.36. The lowest BCUT2D eigenvalue weighted by molar-refractivity contribution is -0.121. The minimum Gasteiger partial charge on any atom is -0.356 e. The van der Waals surface area contributed by atoms with E-state index in [9.17, 15) is 14.4 Å². The average Bonchev–Trinajstić information content (AvgIpc) is 2.64. The van der Waals surface area contributed by atoms with Crippen molar-refractivity contribution in [1.82, 2.24) is 20.4 Å². The summed E-state index contributed by atoms with van der Waals surface area (Å²) in [6.45, 7) is 2.91. The van der Waals surface area contributed by atoms with Gasteiger partial charge in [-0.25, -0.2) is 4.68 Å². The summed E-state index contributed by atoms with van der Waals surface area (Å²) in [6.07, 6.45) is 3.52. The third-order valence-corrected chi connectivity index (χ3v) is 4.72. The first-order valence-corrected chi connectivity index (χ1v) is 8.84. The first-order valence-electron chi connectivity index (χ1n) is 8.84. The fourth-order valence-corrected chi connectivity index (χ4v) is 3.29. The number of aromatic nitrogens is 2. The monoisotopic (exact) mass is 344 g/mol. The van der Waals surface area contributed by atoms with Crippen molar-refractivity contribution in [2.45, 2.75) is 32.2 Å². The van der Waals surface area contributed by atoms with Gasteiger partial charge in [0, 0.05) is 13.0 Å². The van der Waals surface area contributed by atoms with Crippen molar-refractivity contribution < 1.29 is 4.79 Å². The van der Waals surface area contributed by atoms with Crippen LogP contribution in [0.3, 0.4) is 0 Å². The van der Waals surface area contributed by atoms with Crippen molar-refractivity contribution in [3.05, 3.63) is 45.0 Å². The van der Waals surface area contributed by atoms with Crippen LogP contribution in [0.5, 0.6) is 0 Å². The number of hydrogen-bond donors (Lipinski definition) is 3. The van der Waals surface area contributed by atoms with Gasteiger partial charge in [0.25, 0.3) is 11.1 Å². The molecule has 1 unspecified atom stereocenters. The van der Waals surface area contributed by atoms with Crippen molar-refractivity contribution in [2.24, 2.45) is 5.92 Å². The van der Waals surface area contributed by atoms with Crippen molar-refractivity contribution in [3.63, 3.8) is 0 Å². The summed E-state index contributed by atoms with van der Waals surface area (Å²) >= 11 is 0. The standard InChI is InChI=1S/C18H24N4O3/c23-16(20-10-7-13-4-3-9-19-12-13)8-11-22-18(25)15-6-2-1-5-14(15)17(24)21-22/h1-2,5-6,13,19H,3-4,7-12H2,(H,20,23)(H,21,24). The van der Waals surface area contributed by atoms with Crippen molar-refractivity contribution in [2.75, 3.05) is 19.6 Å². The van der Waals surface area contributed by atoms with Gasteiger partial charge in [-0.1, -0.05) is 12.1 Å². The van der Waals surface area contributed by atoms with Gasteiger partial charge in [-0.3, -0.25) is 19.5 Å². The number of piperidine rings is 1. The van der Waals surface area contributed by atoms with Crippen LogP contribution >= 0.6 is 0 Å². The quantitative estimate of drug-likeness (QED) is 0.714. The zero-order valence-corrected chi connectivity index (χ0v) is 14.2. The van der Waals surface area contributed by atoms with Gasteiger partial charge in [-0.15, -0.1) is 0 Å². The Hall–Kier alpha value is -2.41. The lowest BCUT2D eigenvalue weighted by Gasteiger charge is -2.22. The number of aryl methyl sites for hydroxylation is 1. The summed E-state index contributed by atoms with van der Waals surface area (Å²) in [5.41, 5.74) is -0.600. The summed E-state index contributed by atoms with van der Waals surface area (Å²) < 4.78 is 1.22. The van der Waals surface area contributed by atoms with Gasteiger partial charge in [-0.05, 0) is 50.4 Å². The molecule has 134 valence electrons. The van der Waals surface area contributed by atoms with Crippen LogP contribution in [0, 0.1) is 5.92 Å². The Bertz CT molecular complexity index is 849. The van der Waals surface area contributed by atoms with Gasteiger partial charge in [0.2, 0.25) is 5.91 Å². The van der Waals surface area contributed by atoms with E-state index in [0.29, 0.717) is 23.2 Å². The minimum absolute atomic E-state index is 0.107. The van der Waals surface area contributed by atoms with Gasteiger partial charge in [0.1, 0.15) is 0 Å². The molecule has 3 N–H and O–H groups in total. The number of rotatable bonds is 6. The molecule has 0 spiro atoms. The molecule has 1 aliphatic heterocycles. The highest BCUT2D eigenvalue weighted by Crippen LogP contribution is 2.12. The number of aromatic amines is 1. The molecule has 1 aliphatic rings. The molecule has 1 atom stereocenters. The molecule has 1 fully saturated rings. The molecule has 7 nitrogen and oxygen atoms in total. The van der Waals surface area contributed by atoms with E-state index in [2.05, 4.69) is 15.7 Å². The highest BCUT2D eigenvalue weighted by atomic mass is 16.2. The number of H-pyrrole nitrogens is 1. The molecule has 2 heterocycles. The maximum absolute atomic E-state index is 12.4. The van der Waals surface area contributed by atoms with E-state index in [1.807, 2.05) is 0 Å². The van der Waals surface area contributed by atoms with E-state index in [1.54, 1.807) is 24.3 Å². The molecule has 3 rings (SSSR count). The zero-order valence-electron chi connectivity index (χ0n) is 14.2. The van der Waals surface area contributed by atoms with Crippen LogP contribution < -0.4 is 21.8 Å². The van der Waals surface area contributed by atoms with E-state index < -0.39 is 0 Å². The second-order valence-electron chi connectivity index (χ2n) is 6.54. The Morgan fingerprint density at radius 3 is 2.80 bits per heavy atom. The Balaban J connectivity index is 1.53. The Morgan fingerprint density at radius 2 is 2.04 bits per heavy atom. The van der Waals surface area contributed by atoms with Gasteiger partial charge in [0.15, 0.2) is 0 Å². The fourth-order valence-electron chi connectivity index (χ4n) is 3.29. The van der Waals surface area contributed by atoms with Crippen LogP contribution in [-0.4, -0.2) is 35.3 Å². The largest absolute Gasteiger partial charge is 0.356 e. The minimum atomic E-state index is -0.319. The molecule has 2 aromatic rings. The van der Waals surface area contributed by atoms with Crippen LogP contribution in [0.1, 0.15) is 25.7 Å². The SMILES string of the molecule is O=C(CCn1[nH]c(=O)c2ccccc2c1=O)NCCC1CCCNC1. The third-order valence-electron chi connectivity index (χ3n) is 4.72. The van der Waals surface area contributed by atoms with E-state index in [4.69, 9.17) is 0 Å². The maximum Gasteiger partial charge on any atom is 0.273 e. The van der Waals surface area contributed by atoms with E-state index >= 15 is 0 Å². The summed E-state index contributed by atoms with van der Waals surface area (Å²) in [5, 5.41) is 9.54. The Kier molecular flexibility index (Phi) is 5.65. The Labute approximate surface area is 145 Å². The summed E-state index contributed by atoms with van der Waals surface area (Å²) in [6, 6.07) is 6.69. The predicted octanol–water partition coefficient (Wildman–Crippen LogP) is 0.586. The number of carbonyl (C=O) groups is 1. The average molecular weight is 344 g/mol. The summed E-state index contributed by atoms with van der Waals surface area (Å²) in [4.78, 5) is 36.4. The normalized spacial score (nSPS) is 17.5. The molecule has 1 aromatic heterocycles. The van der Waals surface area contributed by atoms with Crippen LogP contribution in [0.4, 0.5) is 0 Å². The lowest BCUT2D eigenvalue weighted by atomic mass is 9.96. The smallest absolute Gasteiger partial charge is 0.273 e. The first kappa shape index (κ1) is 17.4. The zero-order chi connectivity index (χ0) is 17.6. The molecule has 1 aromatic carbocycles. The van der Waals surface area contributed by atoms with Gasteiger partial charge < -0.3 is 10.6 Å². The Morgan fingerprint density at radius 1 is 1.24 bits per heavy atom. The molecule has 0 radical (unpaired) electrons. The highest BCUT2D eigenvalue weighted by Gasteiger charge is 2.13. The molecule has 1 saturated heterocycles. The maximum atomic E-state index is 12.4. The highest BCUT2D eigenvalue weighted by molar-refractivity contribution is 5.80. The molecule has 0 saturated carbocycles. The van der Waals surface area contributed by atoms with Crippen LogP contribution in [-0.2, 0) is 11.3 Å². The molecular weight excluding hydrogens is 320 g/mol.